The predicted molar refractivity (Wildman–Crippen MR) is 113 cm³/mol. The van der Waals surface area contributed by atoms with Crippen LogP contribution in [0.1, 0.15) is 26.2 Å². The molecule has 29 heavy (non-hydrogen) atoms. The molecule has 1 aliphatic rings. The van der Waals surface area contributed by atoms with E-state index in [4.69, 9.17) is 9.47 Å². The Morgan fingerprint density at radius 2 is 1.48 bits per heavy atom. The average Bonchev–Trinajstić information content (AvgIpc) is 3.28. The summed E-state index contributed by atoms with van der Waals surface area (Å²) in [6, 6.07) is 14.1. The number of nitrogens with zero attached hydrogens (tertiary/aromatic N) is 1. The van der Waals surface area contributed by atoms with Crippen molar-refractivity contribution in [3.8, 4) is 11.5 Å². The van der Waals surface area contributed by atoms with Crippen LogP contribution in [0.4, 0.5) is 16.2 Å². The lowest BCUT2D eigenvalue weighted by Crippen LogP contribution is -2.32. The van der Waals surface area contributed by atoms with Crippen LogP contribution in [0.2, 0.25) is 0 Å². The molecule has 154 valence electrons. The van der Waals surface area contributed by atoms with Crippen LogP contribution in [0.15, 0.2) is 48.5 Å². The van der Waals surface area contributed by atoms with Crippen molar-refractivity contribution in [2.75, 3.05) is 36.9 Å². The van der Waals surface area contributed by atoms with Gasteiger partial charge in [-0.25, -0.2) is 4.79 Å². The standard InChI is InChI=1S/C22H27N3O4/c1-2-15-28-17-9-11-18(12-10-17)29-16-21(26)23-19-7-3-4-8-20(19)24-22(27)25-13-5-6-14-25/h3-4,7-12H,2,5-6,13-16H2,1H3,(H,23,26)(H,24,27). The normalized spacial score (nSPS) is 13.1. The highest BCUT2D eigenvalue weighted by molar-refractivity contribution is 5.99. The Bertz CT molecular complexity index is 817. The van der Waals surface area contributed by atoms with E-state index in [9.17, 15) is 9.59 Å². The highest BCUT2D eigenvalue weighted by Gasteiger charge is 2.19. The second kappa shape index (κ2) is 10.4. The zero-order valence-corrected chi connectivity index (χ0v) is 16.6. The Balaban J connectivity index is 1.52. The number of para-hydroxylation sites is 2. The highest BCUT2D eigenvalue weighted by atomic mass is 16.5. The van der Waals surface area contributed by atoms with E-state index in [0.717, 1.165) is 38.1 Å². The fraction of sp³-hybridized carbons (Fsp3) is 0.364. The highest BCUT2D eigenvalue weighted by Crippen LogP contribution is 2.22. The van der Waals surface area contributed by atoms with Crippen molar-refractivity contribution < 1.29 is 19.1 Å². The van der Waals surface area contributed by atoms with E-state index in [2.05, 4.69) is 10.6 Å². The van der Waals surface area contributed by atoms with E-state index in [1.165, 1.54) is 0 Å². The summed E-state index contributed by atoms with van der Waals surface area (Å²) in [5.74, 6) is 1.05. The van der Waals surface area contributed by atoms with E-state index in [0.29, 0.717) is 23.7 Å². The van der Waals surface area contributed by atoms with Crippen LogP contribution in [0.3, 0.4) is 0 Å². The molecule has 2 N–H and O–H groups in total. The molecule has 0 saturated carbocycles. The lowest BCUT2D eigenvalue weighted by atomic mass is 10.2. The summed E-state index contributed by atoms with van der Waals surface area (Å²) < 4.78 is 11.1. The third-order valence-corrected chi connectivity index (χ3v) is 4.50. The van der Waals surface area contributed by atoms with Crippen molar-refractivity contribution in [2.45, 2.75) is 26.2 Å². The fourth-order valence-electron chi connectivity index (χ4n) is 3.00. The Labute approximate surface area is 171 Å². The van der Waals surface area contributed by atoms with Crippen LogP contribution >= 0.6 is 0 Å². The summed E-state index contributed by atoms with van der Waals surface area (Å²) in [5.41, 5.74) is 1.10. The van der Waals surface area contributed by atoms with Gasteiger partial charge in [-0.1, -0.05) is 19.1 Å². The molecule has 0 atom stereocenters. The van der Waals surface area contributed by atoms with Crippen LogP contribution in [-0.2, 0) is 4.79 Å². The molecule has 0 unspecified atom stereocenters. The Kier molecular flexibility index (Phi) is 7.33. The van der Waals surface area contributed by atoms with Crippen molar-refractivity contribution in [1.29, 1.82) is 0 Å². The molecule has 0 aliphatic carbocycles. The molecule has 3 rings (SSSR count). The molecule has 7 nitrogen and oxygen atoms in total. The minimum absolute atomic E-state index is 0.135. The van der Waals surface area contributed by atoms with E-state index < -0.39 is 0 Å². The second-order valence-corrected chi connectivity index (χ2v) is 6.83. The molecule has 2 aromatic carbocycles. The second-order valence-electron chi connectivity index (χ2n) is 6.83. The molecule has 1 fully saturated rings. The first kappa shape index (κ1) is 20.5. The maximum absolute atomic E-state index is 12.3. The van der Waals surface area contributed by atoms with Crippen LogP contribution < -0.4 is 20.1 Å². The first-order chi connectivity index (χ1) is 14.2. The number of carbonyl (C=O) groups is 2. The minimum Gasteiger partial charge on any atom is -0.494 e. The molecule has 1 saturated heterocycles. The van der Waals surface area contributed by atoms with Gasteiger partial charge in [0.15, 0.2) is 6.61 Å². The quantitative estimate of drug-likeness (QED) is 0.702. The van der Waals surface area contributed by atoms with E-state index >= 15 is 0 Å². The summed E-state index contributed by atoms with van der Waals surface area (Å²) in [7, 11) is 0. The van der Waals surface area contributed by atoms with Gasteiger partial charge in [0.25, 0.3) is 5.91 Å². The monoisotopic (exact) mass is 397 g/mol. The number of rotatable bonds is 8. The minimum atomic E-state index is -0.306. The van der Waals surface area contributed by atoms with Gasteiger partial charge in [0.2, 0.25) is 0 Å². The van der Waals surface area contributed by atoms with Gasteiger partial charge in [0, 0.05) is 13.1 Å². The molecule has 0 bridgehead atoms. The Morgan fingerprint density at radius 1 is 0.897 bits per heavy atom. The molecule has 0 spiro atoms. The number of carbonyl (C=O) groups excluding carboxylic acids is 2. The summed E-state index contributed by atoms with van der Waals surface area (Å²) in [5, 5.41) is 5.67. The number of amides is 3. The predicted octanol–water partition coefficient (Wildman–Crippen LogP) is 4.12. The van der Waals surface area contributed by atoms with Crippen molar-refractivity contribution in [1.82, 2.24) is 4.90 Å². The van der Waals surface area contributed by atoms with Crippen LogP contribution in [0.5, 0.6) is 11.5 Å². The van der Waals surface area contributed by atoms with Crippen LogP contribution in [0, 0.1) is 0 Å². The number of hydrogen-bond acceptors (Lipinski definition) is 4. The third-order valence-electron chi connectivity index (χ3n) is 4.50. The Hall–Kier alpha value is -3.22. The first-order valence-corrected chi connectivity index (χ1v) is 9.96. The van der Waals surface area contributed by atoms with Gasteiger partial charge >= 0.3 is 6.03 Å². The smallest absolute Gasteiger partial charge is 0.321 e. The van der Waals surface area contributed by atoms with Crippen molar-refractivity contribution >= 4 is 23.3 Å². The molecule has 2 aromatic rings. The van der Waals surface area contributed by atoms with Crippen molar-refractivity contribution in [2.24, 2.45) is 0 Å². The van der Waals surface area contributed by atoms with Gasteiger partial charge in [-0.15, -0.1) is 0 Å². The molecule has 1 aliphatic heterocycles. The van der Waals surface area contributed by atoms with Crippen molar-refractivity contribution in [3.05, 3.63) is 48.5 Å². The topological polar surface area (TPSA) is 79.9 Å². The maximum Gasteiger partial charge on any atom is 0.321 e. The van der Waals surface area contributed by atoms with E-state index in [1.807, 2.05) is 25.1 Å². The zero-order chi connectivity index (χ0) is 20.5. The van der Waals surface area contributed by atoms with E-state index in [-0.39, 0.29) is 18.5 Å². The first-order valence-electron chi connectivity index (χ1n) is 9.96. The fourth-order valence-corrected chi connectivity index (χ4v) is 3.00. The molecule has 0 radical (unpaired) electrons. The Morgan fingerprint density at radius 3 is 2.10 bits per heavy atom. The lowest BCUT2D eigenvalue weighted by Gasteiger charge is -2.18. The largest absolute Gasteiger partial charge is 0.494 e. The summed E-state index contributed by atoms with van der Waals surface area (Å²) in [4.78, 5) is 26.4. The molecular weight excluding hydrogens is 370 g/mol. The number of benzene rings is 2. The summed E-state index contributed by atoms with van der Waals surface area (Å²) in [6.07, 6.45) is 2.99. The van der Waals surface area contributed by atoms with Gasteiger partial charge < -0.3 is 25.0 Å². The van der Waals surface area contributed by atoms with Gasteiger partial charge in [-0.2, -0.15) is 0 Å². The van der Waals surface area contributed by atoms with Crippen molar-refractivity contribution in [3.63, 3.8) is 0 Å². The summed E-state index contributed by atoms with van der Waals surface area (Å²) >= 11 is 0. The SMILES string of the molecule is CCCOc1ccc(OCC(=O)Nc2ccccc2NC(=O)N2CCCC2)cc1. The van der Waals surface area contributed by atoms with Gasteiger partial charge in [-0.3, -0.25) is 4.79 Å². The van der Waals surface area contributed by atoms with Crippen LogP contribution in [0.25, 0.3) is 0 Å². The number of hydrogen-bond donors (Lipinski definition) is 2. The van der Waals surface area contributed by atoms with E-state index in [1.54, 1.807) is 35.2 Å². The van der Waals surface area contributed by atoms with Gasteiger partial charge in [0.05, 0.1) is 18.0 Å². The molecular formula is C22H27N3O4. The van der Waals surface area contributed by atoms with Gasteiger partial charge in [0.1, 0.15) is 11.5 Å². The molecule has 1 heterocycles. The zero-order valence-electron chi connectivity index (χ0n) is 16.6. The molecule has 7 heteroatoms. The maximum atomic E-state index is 12.3. The number of ether oxygens (including phenoxy) is 2. The molecule has 0 aromatic heterocycles. The number of likely N-dealkylation sites (tertiary alicyclic amines) is 1. The average molecular weight is 397 g/mol. The third kappa shape index (κ3) is 6.14. The molecule has 3 amide bonds. The summed E-state index contributed by atoms with van der Waals surface area (Å²) in [6.45, 7) is 4.10. The van der Waals surface area contributed by atoms with Crippen LogP contribution in [-0.4, -0.2) is 43.1 Å². The number of nitrogens with one attached hydrogen (secondary N) is 2. The van der Waals surface area contributed by atoms with Gasteiger partial charge in [-0.05, 0) is 55.7 Å². The number of anilines is 2. The number of urea groups is 1. The lowest BCUT2D eigenvalue weighted by molar-refractivity contribution is -0.118.